The minimum atomic E-state index is -0.429. The van der Waals surface area contributed by atoms with Crippen LogP contribution in [-0.2, 0) is 17.8 Å². The summed E-state index contributed by atoms with van der Waals surface area (Å²) >= 11 is 0. The molecule has 2 heterocycles. The Balaban J connectivity index is 1.59. The molecular formula is C24H26FN5O. The molecule has 1 N–H and O–H groups in total. The molecule has 160 valence electrons. The number of rotatable bonds is 6. The molecule has 0 saturated heterocycles. The Morgan fingerprint density at radius 1 is 1.13 bits per heavy atom. The van der Waals surface area contributed by atoms with Crippen LogP contribution in [0.4, 0.5) is 10.1 Å². The van der Waals surface area contributed by atoms with E-state index in [2.05, 4.69) is 15.4 Å². The number of nitrogens with one attached hydrogen (secondary N) is 1. The maximum atomic E-state index is 13.2. The summed E-state index contributed by atoms with van der Waals surface area (Å²) in [5.74, 6) is 0.493. The van der Waals surface area contributed by atoms with Gasteiger partial charge in [0, 0.05) is 6.42 Å². The van der Waals surface area contributed by atoms with Gasteiger partial charge >= 0.3 is 0 Å². The smallest absolute Gasteiger partial charge is 0.247 e. The van der Waals surface area contributed by atoms with Crippen molar-refractivity contribution in [2.75, 3.05) is 5.32 Å². The van der Waals surface area contributed by atoms with Crippen molar-refractivity contribution < 1.29 is 9.18 Å². The molecule has 0 saturated carbocycles. The Morgan fingerprint density at radius 3 is 2.55 bits per heavy atom. The van der Waals surface area contributed by atoms with E-state index in [-0.39, 0.29) is 11.7 Å². The van der Waals surface area contributed by atoms with E-state index in [9.17, 15) is 9.18 Å². The van der Waals surface area contributed by atoms with E-state index in [1.807, 2.05) is 61.2 Å². The van der Waals surface area contributed by atoms with Gasteiger partial charge in [-0.1, -0.05) is 31.2 Å². The number of aryl methyl sites for hydroxylation is 2. The molecule has 6 nitrogen and oxygen atoms in total. The third-order valence-electron chi connectivity index (χ3n) is 5.63. The van der Waals surface area contributed by atoms with Crippen LogP contribution in [0.15, 0.2) is 48.5 Å². The predicted octanol–water partition coefficient (Wildman–Crippen LogP) is 4.80. The molecule has 7 heteroatoms. The fourth-order valence-electron chi connectivity index (χ4n) is 3.92. The first kappa shape index (κ1) is 20.8. The lowest BCUT2D eigenvalue weighted by atomic mass is 10.2. The normalized spacial score (nSPS) is 12.3. The number of imidazole rings is 1. The second-order valence-corrected chi connectivity index (χ2v) is 7.74. The van der Waals surface area contributed by atoms with Crippen molar-refractivity contribution in [3.8, 4) is 0 Å². The topological polar surface area (TPSA) is 64.7 Å². The number of hydrogen-bond acceptors (Lipinski definition) is 3. The first-order chi connectivity index (χ1) is 14.9. The molecule has 2 aromatic heterocycles. The highest BCUT2D eigenvalue weighted by molar-refractivity contribution is 5.95. The molecule has 0 fully saturated rings. The second-order valence-electron chi connectivity index (χ2n) is 7.74. The molecule has 0 aliphatic rings. The van der Waals surface area contributed by atoms with E-state index >= 15 is 0 Å². The molecule has 0 aliphatic heterocycles. The van der Waals surface area contributed by atoms with Gasteiger partial charge in [-0.15, -0.1) is 0 Å². The molecule has 0 radical (unpaired) electrons. The molecule has 4 rings (SSSR count). The van der Waals surface area contributed by atoms with Gasteiger partial charge in [0.15, 0.2) is 0 Å². The molecule has 0 aliphatic carbocycles. The molecule has 4 aromatic rings. The van der Waals surface area contributed by atoms with Crippen LogP contribution >= 0.6 is 0 Å². The zero-order valence-corrected chi connectivity index (χ0v) is 18.2. The van der Waals surface area contributed by atoms with Crippen LogP contribution in [0.2, 0.25) is 0 Å². The van der Waals surface area contributed by atoms with E-state index < -0.39 is 6.04 Å². The van der Waals surface area contributed by atoms with Crippen LogP contribution in [0.1, 0.15) is 42.7 Å². The largest absolute Gasteiger partial charge is 0.321 e. The van der Waals surface area contributed by atoms with Crippen molar-refractivity contribution >= 4 is 22.6 Å². The number of amides is 1. The van der Waals surface area contributed by atoms with E-state index in [4.69, 9.17) is 0 Å². The maximum Gasteiger partial charge on any atom is 0.247 e. The lowest BCUT2D eigenvalue weighted by Crippen LogP contribution is -2.25. The van der Waals surface area contributed by atoms with Gasteiger partial charge in [-0.05, 0) is 50.6 Å². The van der Waals surface area contributed by atoms with Crippen LogP contribution in [0.5, 0.6) is 0 Å². The van der Waals surface area contributed by atoms with Gasteiger partial charge < -0.3 is 9.88 Å². The highest BCUT2D eigenvalue weighted by Gasteiger charge is 2.23. The predicted molar refractivity (Wildman–Crippen MR) is 120 cm³/mol. The summed E-state index contributed by atoms with van der Waals surface area (Å²) in [7, 11) is 0. The number of carbonyl (C=O) groups is 1. The van der Waals surface area contributed by atoms with Gasteiger partial charge in [-0.25, -0.2) is 9.37 Å². The standard InChI is InChI=1S/C24H26FN5O/c1-5-22-26-20-8-6-7-9-21(20)30(22)17(4)24(31)27-23-15(2)28-29(16(23)3)14-18-10-12-19(25)13-11-18/h6-13,17H,5,14H2,1-4H3,(H,27,31)/t17-/m1/s1. The number of aromatic nitrogens is 4. The Bertz CT molecular complexity index is 1240. The summed E-state index contributed by atoms with van der Waals surface area (Å²) in [5, 5.41) is 7.64. The summed E-state index contributed by atoms with van der Waals surface area (Å²) in [5.41, 5.74) is 5.08. The third-order valence-corrected chi connectivity index (χ3v) is 5.63. The lowest BCUT2D eigenvalue weighted by molar-refractivity contribution is -0.118. The van der Waals surface area contributed by atoms with Crippen molar-refractivity contribution in [2.45, 2.75) is 46.7 Å². The van der Waals surface area contributed by atoms with Crippen molar-refractivity contribution in [3.63, 3.8) is 0 Å². The SMILES string of the molecule is CCc1nc2ccccc2n1[C@H](C)C(=O)Nc1c(C)nn(Cc2ccc(F)cc2)c1C. The van der Waals surface area contributed by atoms with Gasteiger partial charge in [0.1, 0.15) is 17.7 Å². The van der Waals surface area contributed by atoms with Gasteiger partial charge in [-0.2, -0.15) is 5.10 Å². The van der Waals surface area contributed by atoms with E-state index in [1.54, 1.807) is 12.1 Å². The second kappa shape index (κ2) is 8.34. The molecule has 0 spiro atoms. The average Bonchev–Trinajstić information content (AvgIpc) is 3.27. The van der Waals surface area contributed by atoms with Crippen LogP contribution in [0.3, 0.4) is 0 Å². The van der Waals surface area contributed by atoms with Crippen LogP contribution in [0.25, 0.3) is 11.0 Å². The number of benzene rings is 2. The molecule has 31 heavy (non-hydrogen) atoms. The van der Waals surface area contributed by atoms with Crippen LogP contribution in [-0.4, -0.2) is 25.2 Å². The number of nitrogens with zero attached hydrogens (tertiary/aromatic N) is 4. The Hall–Kier alpha value is -3.48. The summed E-state index contributed by atoms with van der Waals surface area (Å²) in [6, 6.07) is 13.8. The molecule has 1 atom stereocenters. The summed E-state index contributed by atoms with van der Waals surface area (Å²) in [6.45, 7) is 8.23. The van der Waals surface area contributed by atoms with Gasteiger partial charge in [0.25, 0.3) is 0 Å². The van der Waals surface area contributed by atoms with Gasteiger partial charge in [0.05, 0.1) is 34.7 Å². The highest BCUT2D eigenvalue weighted by Crippen LogP contribution is 2.25. The first-order valence-electron chi connectivity index (χ1n) is 10.4. The highest BCUT2D eigenvalue weighted by atomic mass is 19.1. The minimum absolute atomic E-state index is 0.120. The van der Waals surface area contributed by atoms with Gasteiger partial charge in [-0.3, -0.25) is 9.48 Å². The molecule has 0 bridgehead atoms. The number of anilines is 1. The Kier molecular flexibility index (Phi) is 5.59. The number of carbonyl (C=O) groups excluding carboxylic acids is 1. The molecule has 2 aromatic carbocycles. The van der Waals surface area contributed by atoms with E-state index in [0.717, 1.165) is 40.2 Å². The number of para-hydroxylation sites is 2. The fourth-order valence-corrected chi connectivity index (χ4v) is 3.92. The Labute approximate surface area is 180 Å². The molecular weight excluding hydrogens is 393 g/mol. The van der Waals surface area contributed by atoms with Crippen molar-refractivity contribution in [1.29, 1.82) is 0 Å². The minimum Gasteiger partial charge on any atom is -0.321 e. The Morgan fingerprint density at radius 2 is 1.84 bits per heavy atom. The van der Waals surface area contributed by atoms with E-state index in [1.165, 1.54) is 12.1 Å². The zero-order chi connectivity index (χ0) is 22.1. The number of halogens is 1. The molecule has 1 amide bonds. The number of hydrogen-bond donors (Lipinski definition) is 1. The monoisotopic (exact) mass is 419 g/mol. The number of fused-ring (bicyclic) bond motifs is 1. The first-order valence-corrected chi connectivity index (χ1v) is 10.4. The fraction of sp³-hybridized carbons (Fsp3) is 0.292. The molecule has 0 unspecified atom stereocenters. The van der Waals surface area contributed by atoms with Crippen molar-refractivity contribution in [1.82, 2.24) is 19.3 Å². The van der Waals surface area contributed by atoms with Gasteiger partial charge in [0.2, 0.25) is 5.91 Å². The van der Waals surface area contributed by atoms with Crippen molar-refractivity contribution in [3.05, 3.63) is 77.1 Å². The quantitative estimate of drug-likeness (QED) is 0.488. The average molecular weight is 420 g/mol. The van der Waals surface area contributed by atoms with Crippen LogP contribution < -0.4 is 5.32 Å². The maximum absolute atomic E-state index is 13.2. The summed E-state index contributed by atoms with van der Waals surface area (Å²) < 4.78 is 17.0. The van der Waals surface area contributed by atoms with Crippen LogP contribution in [0, 0.1) is 19.7 Å². The lowest BCUT2D eigenvalue weighted by Gasteiger charge is -2.17. The summed E-state index contributed by atoms with van der Waals surface area (Å²) in [4.78, 5) is 17.9. The zero-order valence-electron chi connectivity index (χ0n) is 18.2. The van der Waals surface area contributed by atoms with E-state index in [0.29, 0.717) is 12.2 Å². The summed E-state index contributed by atoms with van der Waals surface area (Å²) in [6.07, 6.45) is 0.736. The third kappa shape index (κ3) is 3.95. The van der Waals surface area contributed by atoms with Crippen molar-refractivity contribution in [2.24, 2.45) is 0 Å².